The fourth-order valence-electron chi connectivity index (χ4n) is 1.57. The van der Waals surface area contributed by atoms with Crippen LogP contribution < -0.4 is 0 Å². The highest BCUT2D eigenvalue weighted by molar-refractivity contribution is 5.85. The van der Waals surface area contributed by atoms with Crippen LogP contribution in [0.25, 0.3) is 6.08 Å². The normalized spacial score (nSPS) is 12.3. The highest BCUT2D eigenvalue weighted by Gasteiger charge is 2.22. The van der Waals surface area contributed by atoms with E-state index >= 15 is 0 Å². The van der Waals surface area contributed by atoms with Crippen LogP contribution in [0.15, 0.2) is 30.3 Å². The number of benzene rings is 1. The lowest BCUT2D eigenvalue weighted by Gasteiger charge is -2.33. The largest absolute Gasteiger partial charge is 0.478 e. The number of aliphatic hydroxyl groups excluding tert-OH is 1. The summed E-state index contributed by atoms with van der Waals surface area (Å²) in [7, 11) is 1.95. The third-order valence-corrected chi connectivity index (χ3v) is 3.21. The highest BCUT2D eigenvalue weighted by Crippen LogP contribution is 2.16. The summed E-state index contributed by atoms with van der Waals surface area (Å²) in [5, 5.41) is 17.9. The summed E-state index contributed by atoms with van der Waals surface area (Å²) >= 11 is 0. The van der Waals surface area contributed by atoms with Crippen molar-refractivity contribution in [2.75, 3.05) is 13.7 Å². The van der Waals surface area contributed by atoms with Gasteiger partial charge >= 0.3 is 5.97 Å². The maximum absolute atomic E-state index is 10.5. The van der Waals surface area contributed by atoms with Crippen molar-refractivity contribution in [1.82, 2.24) is 4.90 Å². The molecule has 0 saturated heterocycles. The van der Waals surface area contributed by atoms with E-state index in [1.165, 1.54) is 0 Å². The quantitative estimate of drug-likeness (QED) is 0.771. The zero-order valence-corrected chi connectivity index (χ0v) is 11.6. The first-order valence-electron chi connectivity index (χ1n) is 6.17. The van der Waals surface area contributed by atoms with Crippen molar-refractivity contribution < 1.29 is 15.0 Å². The Morgan fingerprint density at radius 3 is 2.68 bits per heavy atom. The molecular weight excluding hydrogens is 242 g/mol. The van der Waals surface area contributed by atoms with Crippen LogP contribution in [0, 0.1) is 0 Å². The van der Waals surface area contributed by atoms with E-state index in [1.807, 2.05) is 45.2 Å². The first-order chi connectivity index (χ1) is 8.85. The SMILES string of the molecule is CN(Cc1cccc(/C=C/C(=O)O)c1)C(C)(C)CO. The van der Waals surface area contributed by atoms with Crippen molar-refractivity contribution >= 4 is 12.0 Å². The topological polar surface area (TPSA) is 60.8 Å². The van der Waals surface area contributed by atoms with Crippen molar-refractivity contribution in [2.24, 2.45) is 0 Å². The molecule has 0 fully saturated rings. The molecule has 4 heteroatoms. The van der Waals surface area contributed by atoms with Gasteiger partial charge in [-0.3, -0.25) is 4.90 Å². The van der Waals surface area contributed by atoms with Crippen LogP contribution >= 0.6 is 0 Å². The lowest BCUT2D eigenvalue weighted by molar-refractivity contribution is -0.131. The van der Waals surface area contributed by atoms with Crippen molar-refractivity contribution in [3.8, 4) is 0 Å². The van der Waals surface area contributed by atoms with Crippen molar-refractivity contribution in [1.29, 1.82) is 0 Å². The van der Waals surface area contributed by atoms with Gasteiger partial charge in [0.05, 0.1) is 6.61 Å². The molecule has 1 aromatic rings. The molecule has 0 aliphatic carbocycles. The summed E-state index contributed by atoms with van der Waals surface area (Å²) in [6, 6.07) is 7.70. The van der Waals surface area contributed by atoms with Crippen molar-refractivity contribution in [3.05, 3.63) is 41.5 Å². The van der Waals surface area contributed by atoms with E-state index in [2.05, 4.69) is 4.90 Å². The zero-order valence-electron chi connectivity index (χ0n) is 11.6. The number of aliphatic hydroxyl groups is 1. The monoisotopic (exact) mass is 263 g/mol. The average molecular weight is 263 g/mol. The Balaban J connectivity index is 2.80. The molecule has 0 heterocycles. The van der Waals surface area contributed by atoms with E-state index in [9.17, 15) is 9.90 Å². The van der Waals surface area contributed by atoms with Gasteiger partial charge in [-0.25, -0.2) is 4.79 Å². The van der Waals surface area contributed by atoms with E-state index < -0.39 is 5.97 Å². The van der Waals surface area contributed by atoms with Crippen LogP contribution in [0.2, 0.25) is 0 Å². The number of rotatable bonds is 6. The molecule has 1 rings (SSSR count). The highest BCUT2D eigenvalue weighted by atomic mass is 16.4. The number of nitrogens with zero attached hydrogens (tertiary/aromatic N) is 1. The minimum Gasteiger partial charge on any atom is -0.478 e. The average Bonchev–Trinajstić information content (AvgIpc) is 2.36. The van der Waals surface area contributed by atoms with Gasteiger partial charge in [0, 0.05) is 18.2 Å². The van der Waals surface area contributed by atoms with E-state index in [0.29, 0.717) is 6.54 Å². The first-order valence-corrected chi connectivity index (χ1v) is 6.17. The number of hydrogen-bond acceptors (Lipinski definition) is 3. The maximum atomic E-state index is 10.5. The third kappa shape index (κ3) is 4.85. The second-order valence-electron chi connectivity index (χ2n) is 5.24. The summed E-state index contributed by atoms with van der Waals surface area (Å²) in [6.45, 7) is 4.73. The smallest absolute Gasteiger partial charge is 0.328 e. The molecule has 19 heavy (non-hydrogen) atoms. The third-order valence-electron chi connectivity index (χ3n) is 3.21. The Morgan fingerprint density at radius 1 is 1.42 bits per heavy atom. The Bertz CT molecular complexity index is 466. The molecule has 0 amide bonds. The van der Waals surface area contributed by atoms with Crippen LogP contribution in [0.3, 0.4) is 0 Å². The van der Waals surface area contributed by atoms with Gasteiger partial charge in [-0.2, -0.15) is 0 Å². The van der Waals surface area contributed by atoms with Gasteiger partial charge in [-0.1, -0.05) is 24.3 Å². The van der Waals surface area contributed by atoms with Crippen LogP contribution in [0.1, 0.15) is 25.0 Å². The Labute approximate surface area is 114 Å². The Kier molecular flexibility index (Phi) is 5.27. The van der Waals surface area contributed by atoms with Gasteiger partial charge in [-0.15, -0.1) is 0 Å². The van der Waals surface area contributed by atoms with Crippen LogP contribution in [-0.4, -0.2) is 40.3 Å². The Morgan fingerprint density at radius 2 is 2.11 bits per heavy atom. The second kappa shape index (κ2) is 6.50. The summed E-state index contributed by atoms with van der Waals surface area (Å²) in [6.07, 6.45) is 2.70. The number of hydrogen-bond donors (Lipinski definition) is 2. The molecule has 0 saturated carbocycles. The molecule has 104 valence electrons. The molecule has 0 unspecified atom stereocenters. The van der Waals surface area contributed by atoms with E-state index in [-0.39, 0.29) is 12.1 Å². The number of carbonyl (C=O) groups is 1. The number of carboxylic acid groups (broad SMARTS) is 1. The van der Waals surface area contributed by atoms with Crippen molar-refractivity contribution in [2.45, 2.75) is 25.9 Å². The lowest BCUT2D eigenvalue weighted by atomic mass is 10.0. The Hall–Kier alpha value is -1.65. The summed E-state index contributed by atoms with van der Waals surface area (Å²) in [5.41, 5.74) is 1.65. The molecule has 1 aromatic carbocycles. The van der Waals surface area contributed by atoms with Gasteiger partial charge in [0.2, 0.25) is 0 Å². The predicted octanol–water partition coefficient (Wildman–Crippen LogP) is 1.99. The molecule has 4 nitrogen and oxygen atoms in total. The summed E-state index contributed by atoms with van der Waals surface area (Å²) in [4.78, 5) is 12.5. The van der Waals surface area contributed by atoms with E-state index in [0.717, 1.165) is 17.2 Å². The van der Waals surface area contributed by atoms with Crippen LogP contribution in [0.4, 0.5) is 0 Å². The minimum atomic E-state index is -0.955. The molecule has 2 N–H and O–H groups in total. The van der Waals surface area contributed by atoms with Crippen LogP contribution in [-0.2, 0) is 11.3 Å². The number of carboxylic acids is 1. The summed E-state index contributed by atoms with van der Waals surface area (Å²) < 4.78 is 0. The van der Waals surface area contributed by atoms with Gasteiger partial charge in [-0.05, 0) is 38.1 Å². The van der Waals surface area contributed by atoms with Gasteiger partial charge < -0.3 is 10.2 Å². The molecule has 0 radical (unpaired) electrons. The molecule has 0 aliphatic rings. The second-order valence-corrected chi connectivity index (χ2v) is 5.24. The first kappa shape index (κ1) is 15.4. The van der Waals surface area contributed by atoms with E-state index in [1.54, 1.807) is 6.08 Å². The number of likely N-dealkylation sites (N-methyl/N-ethyl adjacent to an activating group) is 1. The fourth-order valence-corrected chi connectivity index (χ4v) is 1.57. The van der Waals surface area contributed by atoms with Gasteiger partial charge in [0.1, 0.15) is 0 Å². The van der Waals surface area contributed by atoms with Crippen LogP contribution in [0.5, 0.6) is 0 Å². The van der Waals surface area contributed by atoms with Gasteiger partial charge in [0.25, 0.3) is 0 Å². The fraction of sp³-hybridized carbons (Fsp3) is 0.400. The molecular formula is C15H21NO3. The molecule has 0 aromatic heterocycles. The van der Waals surface area contributed by atoms with Gasteiger partial charge in [0.15, 0.2) is 0 Å². The van der Waals surface area contributed by atoms with E-state index in [4.69, 9.17) is 5.11 Å². The summed E-state index contributed by atoms with van der Waals surface area (Å²) in [5.74, 6) is -0.955. The molecule has 0 aliphatic heterocycles. The van der Waals surface area contributed by atoms with Crippen molar-refractivity contribution in [3.63, 3.8) is 0 Å². The molecule has 0 bridgehead atoms. The lowest BCUT2D eigenvalue weighted by Crippen LogP contribution is -2.43. The standard InChI is InChI=1S/C15H21NO3/c1-15(2,11-17)16(3)10-13-6-4-5-12(9-13)7-8-14(18)19/h4-9,17H,10-11H2,1-3H3,(H,18,19)/b8-7+. The molecule has 0 spiro atoms. The number of aliphatic carboxylic acids is 1. The zero-order chi connectivity index (χ0) is 14.5. The molecule has 0 atom stereocenters. The minimum absolute atomic E-state index is 0.0854. The maximum Gasteiger partial charge on any atom is 0.328 e. The predicted molar refractivity (Wildman–Crippen MR) is 75.7 cm³/mol.